The highest BCUT2D eigenvalue weighted by molar-refractivity contribution is 9.09. The number of hydrogen-bond acceptors (Lipinski definition) is 2. The summed E-state index contributed by atoms with van der Waals surface area (Å²) in [5, 5.41) is 3.96. The molecule has 3 nitrogen and oxygen atoms in total. The van der Waals surface area contributed by atoms with E-state index in [4.69, 9.17) is 4.74 Å². The number of carbonyl (C=O) groups excluding carboxylic acids is 1. The van der Waals surface area contributed by atoms with Gasteiger partial charge in [0.1, 0.15) is 5.75 Å². The molecule has 0 spiro atoms. The van der Waals surface area contributed by atoms with Crippen LogP contribution in [0.4, 0.5) is 0 Å². The van der Waals surface area contributed by atoms with Crippen molar-refractivity contribution in [2.75, 3.05) is 19.0 Å². The molecule has 0 bridgehead atoms. The number of benzene rings is 1. The van der Waals surface area contributed by atoms with Crippen LogP contribution in [0.15, 0.2) is 18.2 Å². The van der Waals surface area contributed by atoms with E-state index in [9.17, 15) is 4.79 Å². The third-order valence-electron chi connectivity index (χ3n) is 3.46. The van der Waals surface area contributed by atoms with Crippen LogP contribution in [0.2, 0.25) is 0 Å². The summed E-state index contributed by atoms with van der Waals surface area (Å²) in [6.45, 7) is 2.70. The average molecular weight is 312 g/mol. The predicted octanol–water partition coefficient (Wildman–Crippen LogP) is 2.91. The van der Waals surface area contributed by atoms with Gasteiger partial charge in [-0.3, -0.25) is 4.79 Å². The van der Waals surface area contributed by atoms with Crippen LogP contribution in [0.1, 0.15) is 28.8 Å². The average Bonchev–Trinajstić information content (AvgIpc) is 3.16. The first kappa shape index (κ1) is 13.4. The number of carbonyl (C=O) groups is 1. The van der Waals surface area contributed by atoms with Gasteiger partial charge in [-0.05, 0) is 37.3 Å². The Bertz CT molecular complexity index is 455. The van der Waals surface area contributed by atoms with Crippen molar-refractivity contribution >= 4 is 21.8 Å². The fraction of sp³-hybridized carbons (Fsp3) is 0.500. The second-order valence-electron chi connectivity index (χ2n) is 5.02. The van der Waals surface area contributed by atoms with E-state index in [2.05, 4.69) is 21.2 Å². The molecule has 1 amide bonds. The van der Waals surface area contributed by atoms with Crippen molar-refractivity contribution in [3.63, 3.8) is 0 Å². The highest BCUT2D eigenvalue weighted by Crippen LogP contribution is 2.46. The zero-order chi connectivity index (χ0) is 13.2. The topological polar surface area (TPSA) is 38.3 Å². The minimum Gasteiger partial charge on any atom is -0.496 e. The molecule has 1 aliphatic carbocycles. The number of alkyl halides is 1. The molecule has 0 heterocycles. The molecule has 1 saturated carbocycles. The number of methoxy groups -OCH3 is 1. The van der Waals surface area contributed by atoms with E-state index in [1.807, 2.05) is 25.1 Å². The van der Waals surface area contributed by atoms with Gasteiger partial charge in [-0.2, -0.15) is 0 Å². The number of aryl methyl sites for hydroxylation is 1. The smallest absolute Gasteiger partial charge is 0.255 e. The number of rotatable bonds is 5. The van der Waals surface area contributed by atoms with E-state index in [-0.39, 0.29) is 11.3 Å². The molecule has 1 aromatic carbocycles. The van der Waals surface area contributed by atoms with Crippen LogP contribution in [-0.2, 0) is 0 Å². The van der Waals surface area contributed by atoms with Gasteiger partial charge in [0.15, 0.2) is 0 Å². The SMILES string of the molecule is COc1ccc(C)cc1C(=O)NCC1(CBr)CC1. The minimum atomic E-state index is -0.0530. The molecule has 1 aromatic rings. The highest BCUT2D eigenvalue weighted by atomic mass is 79.9. The Labute approximate surface area is 116 Å². The van der Waals surface area contributed by atoms with Gasteiger partial charge in [0, 0.05) is 11.9 Å². The van der Waals surface area contributed by atoms with Crippen molar-refractivity contribution in [1.82, 2.24) is 5.32 Å². The summed E-state index contributed by atoms with van der Waals surface area (Å²) in [5.41, 5.74) is 1.96. The quantitative estimate of drug-likeness (QED) is 0.849. The van der Waals surface area contributed by atoms with Crippen LogP contribution in [-0.4, -0.2) is 24.9 Å². The van der Waals surface area contributed by atoms with Crippen molar-refractivity contribution in [3.8, 4) is 5.75 Å². The summed E-state index contributed by atoms with van der Waals surface area (Å²) in [6, 6.07) is 5.64. The summed E-state index contributed by atoms with van der Waals surface area (Å²) in [5.74, 6) is 0.574. The summed E-state index contributed by atoms with van der Waals surface area (Å²) >= 11 is 3.50. The molecule has 1 N–H and O–H groups in total. The number of hydrogen-bond donors (Lipinski definition) is 1. The van der Waals surface area contributed by atoms with Crippen molar-refractivity contribution in [3.05, 3.63) is 29.3 Å². The maximum absolute atomic E-state index is 12.2. The Morgan fingerprint density at radius 1 is 1.50 bits per heavy atom. The van der Waals surface area contributed by atoms with E-state index < -0.39 is 0 Å². The monoisotopic (exact) mass is 311 g/mol. The number of halogens is 1. The molecule has 4 heteroatoms. The van der Waals surface area contributed by atoms with Crippen LogP contribution in [0.25, 0.3) is 0 Å². The maximum Gasteiger partial charge on any atom is 0.255 e. The molecule has 0 aliphatic heterocycles. The minimum absolute atomic E-state index is 0.0530. The molecule has 0 atom stereocenters. The summed E-state index contributed by atoms with van der Waals surface area (Å²) in [4.78, 5) is 12.2. The van der Waals surface area contributed by atoms with E-state index in [1.54, 1.807) is 7.11 Å². The van der Waals surface area contributed by atoms with E-state index >= 15 is 0 Å². The van der Waals surface area contributed by atoms with Gasteiger partial charge in [-0.15, -0.1) is 0 Å². The second-order valence-corrected chi connectivity index (χ2v) is 5.58. The van der Waals surface area contributed by atoms with Crippen LogP contribution in [0, 0.1) is 12.3 Å². The Morgan fingerprint density at radius 3 is 2.78 bits per heavy atom. The van der Waals surface area contributed by atoms with Crippen LogP contribution >= 0.6 is 15.9 Å². The van der Waals surface area contributed by atoms with E-state index in [0.717, 1.165) is 17.4 Å². The zero-order valence-corrected chi connectivity index (χ0v) is 12.3. The lowest BCUT2D eigenvalue weighted by molar-refractivity contribution is 0.0943. The molecular weight excluding hydrogens is 294 g/mol. The summed E-state index contributed by atoms with van der Waals surface area (Å²) in [6.07, 6.45) is 2.37. The van der Waals surface area contributed by atoms with Gasteiger partial charge in [0.05, 0.1) is 12.7 Å². The largest absolute Gasteiger partial charge is 0.496 e. The maximum atomic E-state index is 12.2. The van der Waals surface area contributed by atoms with Gasteiger partial charge < -0.3 is 10.1 Å². The molecule has 0 saturated heterocycles. The van der Waals surface area contributed by atoms with Crippen LogP contribution in [0.5, 0.6) is 5.75 Å². The molecule has 1 fully saturated rings. The standard InChI is InChI=1S/C14H18BrNO2/c1-10-3-4-12(18-2)11(7-10)13(17)16-9-14(8-15)5-6-14/h3-4,7H,5-6,8-9H2,1-2H3,(H,16,17). The lowest BCUT2D eigenvalue weighted by Crippen LogP contribution is -2.31. The van der Waals surface area contributed by atoms with E-state index in [1.165, 1.54) is 12.8 Å². The third-order valence-corrected chi connectivity index (χ3v) is 4.65. The molecular formula is C14H18BrNO2. The van der Waals surface area contributed by atoms with Gasteiger partial charge in [0.25, 0.3) is 5.91 Å². The van der Waals surface area contributed by atoms with Gasteiger partial charge in [0.2, 0.25) is 0 Å². The number of amides is 1. The molecule has 0 unspecified atom stereocenters. The van der Waals surface area contributed by atoms with Crippen molar-refractivity contribution in [2.24, 2.45) is 5.41 Å². The van der Waals surface area contributed by atoms with Gasteiger partial charge in [-0.1, -0.05) is 27.6 Å². The third kappa shape index (κ3) is 2.86. The van der Waals surface area contributed by atoms with Crippen LogP contribution < -0.4 is 10.1 Å². The first-order valence-corrected chi connectivity index (χ1v) is 7.21. The molecule has 98 valence electrons. The normalized spacial score (nSPS) is 16.2. The van der Waals surface area contributed by atoms with Gasteiger partial charge in [-0.25, -0.2) is 0 Å². The fourth-order valence-corrected chi connectivity index (χ4v) is 2.66. The van der Waals surface area contributed by atoms with E-state index in [0.29, 0.717) is 11.3 Å². The van der Waals surface area contributed by atoms with Crippen molar-refractivity contribution in [2.45, 2.75) is 19.8 Å². The number of nitrogens with one attached hydrogen (secondary N) is 1. The molecule has 1 aliphatic rings. The zero-order valence-electron chi connectivity index (χ0n) is 10.8. The molecule has 0 radical (unpaired) electrons. The Balaban J connectivity index is 2.06. The summed E-state index contributed by atoms with van der Waals surface area (Å²) in [7, 11) is 1.59. The molecule has 0 aromatic heterocycles. The first-order valence-electron chi connectivity index (χ1n) is 6.09. The van der Waals surface area contributed by atoms with Crippen molar-refractivity contribution in [1.29, 1.82) is 0 Å². The predicted molar refractivity (Wildman–Crippen MR) is 75.5 cm³/mol. The van der Waals surface area contributed by atoms with Gasteiger partial charge >= 0.3 is 0 Å². The molecule has 18 heavy (non-hydrogen) atoms. The summed E-state index contributed by atoms with van der Waals surface area (Å²) < 4.78 is 5.23. The Morgan fingerprint density at radius 2 is 2.22 bits per heavy atom. The molecule has 2 rings (SSSR count). The lowest BCUT2D eigenvalue weighted by Gasteiger charge is -2.14. The highest BCUT2D eigenvalue weighted by Gasteiger charge is 2.41. The Hall–Kier alpha value is -1.03. The van der Waals surface area contributed by atoms with Crippen LogP contribution in [0.3, 0.4) is 0 Å². The first-order chi connectivity index (χ1) is 8.60. The lowest BCUT2D eigenvalue weighted by atomic mass is 10.1. The number of ether oxygens (including phenoxy) is 1. The fourth-order valence-electron chi connectivity index (χ4n) is 1.90. The second kappa shape index (κ2) is 5.31. The van der Waals surface area contributed by atoms with Crippen molar-refractivity contribution < 1.29 is 9.53 Å². The Kier molecular flexibility index (Phi) is 3.95.